The molecule has 1 fully saturated rings. The molecule has 1 N–H and O–H groups in total. The Morgan fingerprint density at radius 1 is 1.64 bits per heavy atom. The summed E-state index contributed by atoms with van der Waals surface area (Å²) in [6, 6.07) is 0.697. The lowest BCUT2D eigenvalue weighted by Gasteiger charge is -2.08. The molecule has 0 aromatic carbocycles. The molecule has 1 heterocycles. The maximum Gasteiger partial charge on any atom is 0.0948 e. The quantitative estimate of drug-likeness (QED) is 0.790. The molecule has 1 saturated carbocycles. The van der Waals surface area contributed by atoms with Gasteiger partial charge in [-0.2, -0.15) is 0 Å². The van der Waals surface area contributed by atoms with Gasteiger partial charge < -0.3 is 9.88 Å². The first-order chi connectivity index (χ1) is 6.63. The van der Waals surface area contributed by atoms with Crippen LogP contribution in [0, 0.1) is 5.41 Å². The normalized spacial score (nSPS) is 23.8. The van der Waals surface area contributed by atoms with Crippen LogP contribution in [0.1, 0.15) is 32.9 Å². The van der Waals surface area contributed by atoms with Gasteiger partial charge in [0, 0.05) is 25.3 Å². The van der Waals surface area contributed by atoms with Crippen molar-refractivity contribution in [2.75, 3.05) is 0 Å². The van der Waals surface area contributed by atoms with Crippen LogP contribution in [0.5, 0.6) is 0 Å². The van der Waals surface area contributed by atoms with E-state index in [1.165, 1.54) is 12.1 Å². The van der Waals surface area contributed by atoms with Gasteiger partial charge in [-0.25, -0.2) is 4.98 Å². The summed E-state index contributed by atoms with van der Waals surface area (Å²) in [5.41, 5.74) is 1.80. The van der Waals surface area contributed by atoms with Crippen LogP contribution in [0.2, 0.25) is 0 Å². The smallest absolute Gasteiger partial charge is 0.0948 e. The Bertz CT molecular complexity index is 314. The summed E-state index contributed by atoms with van der Waals surface area (Å²) in [4.78, 5) is 4.15. The number of aryl methyl sites for hydroxylation is 1. The van der Waals surface area contributed by atoms with E-state index in [-0.39, 0.29) is 0 Å². The molecule has 0 amide bonds. The summed E-state index contributed by atoms with van der Waals surface area (Å²) in [6.07, 6.45) is 5.15. The highest BCUT2D eigenvalue weighted by Crippen LogP contribution is 2.44. The van der Waals surface area contributed by atoms with E-state index in [9.17, 15) is 0 Å². The molecular weight excluding hydrogens is 174 g/mol. The molecule has 14 heavy (non-hydrogen) atoms. The first-order valence-corrected chi connectivity index (χ1v) is 5.36. The van der Waals surface area contributed by atoms with E-state index in [0.29, 0.717) is 11.5 Å². The fraction of sp³-hybridized carbons (Fsp3) is 0.727. The van der Waals surface area contributed by atoms with Gasteiger partial charge in [-0.1, -0.05) is 13.8 Å². The van der Waals surface area contributed by atoms with Crippen LogP contribution in [0.3, 0.4) is 0 Å². The Balaban J connectivity index is 1.87. The highest BCUT2D eigenvalue weighted by Gasteiger charge is 2.45. The number of imidazole rings is 1. The predicted octanol–water partition coefficient (Wildman–Crippen LogP) is 1.79. The molecule has 1 unspecified atom stereocenters. The predicted molar refractivity (Wildman–Crippen MR) is 56.9 cm³/mol. The lowest BCUT2D eigenvalue weighted by atomic mass is 10.2. The Hall–Kier alpha value is -0.830. The van der Waals surface area contributed by atoms with Crippen molar-refractivity contribution in [1.82, 2.24) is 14.9 Å². The monoisotopic (exact) mass is 193 g/mol. The fourth-order valence-corrected chi connectivity index (χ4v) is 1.82. The maximum absolute atomic E-state index is 4.15. The molecule has 1 aliphatic rings. The van der Waals surface area contributed by atoms with Crippen LogP contribution in [0.4, 0.5) is 0 Å². The van der Waals surface area contributed by atoms with E-state index in [1.54, 1.807) is 0 Å². The third kappa shape index (κ3) is 1.82. The molecular formula is C11H19N3. The lowest BCUT2D eigenvalue weighted by Crippen LogP contribution is -2.21. The second kappa shape index (κ2) is 3.39. The van der Waals surface area contributed by atoms with E-state index in [4.69, 9.17) is 0 Å². The summed E-state index contributed by atoms with van der Waals surface area (Å²) >= 11 is 0. The summed E-state index contributed by atoms with van der Waals surface area (Å²) < 4.78 is 2.18. The Kier molecular flexibility index (Phi) is 2.35. The van der Waals surface area contributed by atoms with Crippen LogP contribution < -0.4 is 5.32 Å². The molecule has 1 atom stereocenters. The van der Waals surface area contributed by atoms with Crippen molar-refractivity contribution in [3.8, 4) is 0 Å². The van der Waals surface area contributed by atoms with E-state index in [0.717, 1.165) is 13.1 Å². The van der Waals surface area contributed by atoms with Crippen molar-refractivity contribution in [2.24, 2.45) is 5.41 Å². The van der Waals surface area contributed by atoms with Crippen LogP contribution in [0.25, 0.3) is 0 Å². The first-order valence-electron chi connectivity index (χ1n) is 5.36. The molecule has 0 radical (unpaired) electrons. The van der Waals surface area contributed by atoms with Crippen molar-refractivity contribution >= 4 is 0 Å². The van der Waals surface area contributed by atoms with Crippen molar-refractivity contribution in [3.05, 3.63) is 18.2 Å². The largest absolute Gasteiger partial charge is 0.334 e. The Morgan fingerprint density at radius 2 is 2.36 bits per heavy atom. The van der Waals surface area contributed by atoms with E-state index in [1.807, 2.05) is 12.5 Å². The van der Waals surface area contributed by atoms with Gasteiger partial charge in [-0.15, -0.1) is 0 Å². The third-order valence-corrected chi connectivity index (χ3v) is 3.18. The zero-order chi connectivity index (χ0) is 10.2. The van der Waals surface area contributed by atoms with Crippen LogP contribution in [0.15, 0.2) is 12.5 Å². The molecule has 0 saturated heterocycles. The summed E-state index contributed by atoms with van der Waals surface area (Å²) in [5.74, 6) is 0. The van der Waals surface area contributed by atoms with Gasteiger partial charge in [0.2, 0.25) is 0 Å². The molecule has 2 rings (SSSR count). The topological polar surface area (TPSA) is 29.9 Å². The summed E-state index contributed by atoms with van der Waals surface area (Å²) in [6.45, 7) is 8.71. The van der Waals surface area contributed by atoms with Crippen molar-refractivity contribution < 1.29 is 0 Å². The lowest BCUT2D eigenvalue weighted by molar-refractivity contribution is 0.530. The molecule has 0 bridgehead atoms. The number of rotatable bonds is 4. The third-order valence-electron chi connectivity index (χ3n) is 3.18. The molecule has 78 valence electrons. The zero-order valence-electron chi connectivity index (χ0n) is 9.25. The SMILES string of the molecule is CCn1cncc1CNC1CC1(C)C. The highest BCUT2D eigenvalue weighted by molar-refractivity contribution is 5.04. The average molecular weight is 193 g/mol. The number of aromatic nitrogens is 2. The van der Waals surface area contributed by atoms with Crippen molar-refractivity contribution in [1.29, 1.82) is 0 Å². The van der Waals surface area contributed by atoms with Gasteiger partial charge in [0.1, 0.15) is 0 Å². The standard InChI is InChI=1S/C11H19N3/c1-4-14-8-12-6-9(14)7-13-10-5-11(10,2)3/h6,8,10,13H,4-5,7H2,1-3H3. The van der Waals surface area contributed by atoms with Gasteiger partial charge in [0.05, 0.1) is 12.0 Å². The van der Waals surface area contributed by atoms with Crippen LogP contribution in [-0.2, 0) is 13.1 Å². The minimum absolute atomic E-state index is 0.511. The average Bonchev–Trinajstić information content (AvgIpc) is 2.62. The molecule has 3 nitrogen and oxygen atoms in total. The molecule has 1 aromatic heterocycles. The minimum Gasteiger partial charge on any atom is -0.334 e. The Morgan fingerprint density at radius 3 is 2.93 bits per heavy atom. The minimum atomic E-state index is 0.511. The van der Waals surface area contributed by atoms with Crippen LogP contribution in [-0.4, -0.2) is 15.6 Å². The zero-order valence-corrected chi connectivity index (χ0v) is 9.25. The van der Waals surface area contributed by atoms with Crippen LogP contribution >= 0.6 is 0 Å². The number of nitrogens with one attached hydrogen (secondary N) is 1. The van der Waals surface area contributed by atoms with Gasteiger partial charge in [0.25, 0.3) is 0 Å². The second-order valence-electron chi connectivity index (χ2n) is 4.80. The first kappa shape index (κ1) is 9.71. The van der Waals surface area contributed by atoms with Gasteiger partial charge in [-0.3, -0.25) is 0 Å². The number of hydrogen-bond acceptors (Lipinski definition) is 2. The fourth-order valence-electron chi connectivity index (χ4n) is 1.82. The van der Waals surface area contributed by atoms with E-state index >= 15 is 0 Å². The van der Waals surface area contributed by atoms with Crippen molar-refractivity contribution in [3.63, 3.8) is 0 Å². The van der Waals surface area contributed by atoms with E-state index < -0.39 is 0 Å². The summed E-state index contributed by atoms with van der Waals surface area (Å²) in [5, 5.41) is 3.56. The highest BCUT2D eigenvalue weighted by atomic mass is 15.1. The molecule has 1 aliphatic carbocycles. The number of nitrogens with zero attached hydrogens (tertiary/aromatic N) is 2. The molecule has 3 heteroatoms. The van der Waals surface area contributed by atoms with Gasteiger partial charge in [-0.05, 0) is 18.8 Å². The van der Waals surface area contributed by atoms with Gasteiger partial charge >= 0.3 is 0 Å². The molecule has 1 aromatic rings. The summed E-state index contributed by atoms with van der Waals surface area (Å²) in [7, 11) is 0. The van der Waals surface area contributed by atoms with E-state index in [2.05, 4.69) is 35.6 Å². The number of hydrogen-bond donors (Lipinski definition) is 1. The van der Waals surface area contributed by atoms with Gasteiger partial charge in [0.15, 0.2) is 0 Å². The second-order valence-corrected chi connectivity index (χ2v) is 4.80. The Labute approximate surface area is 85.5 Å². The molecule has 0 aliphatic heterocycles. The maximum atomic E-state index is 4.15. The molecule has 0 spiro atoms. The van der Waals surface area contributed by atoms with Crippen molar-refractivity contribution in [2.45, 2.75) is 46.3 Å².